The van der Waals surface area contributed by atoms with Crippen LogP contribution in [0.5, 0.6) is 0 Å². The number of halogens is 5. The molecule has 4 nitrogen and oxygen atoms in total. The van der Waals surface area contributed by atoms with Gasteiger partial charge in [-0.25, -0.2) is 13.5 Å². The number of aromatic nitrogens is 3. The molecule has 0 aliphatic heterocycles. The van der Waals surface area contributed by atoms with Crippen molar-refractivity contribution in [3.05, 3.63) is 95.8 Å². The summed E-state index contributed by atoms with van der Waals surface area (Å²) in [5.41, 5.74) is -2.52. The van der Waals surface area contributed by atoms with Crippen molar-refractivity contribution in [2.24, 2.45) is 0 Å². The molecule has 5 rings (SSSR count). The number of benzene rings is 3. The van der Waals surface area contributed by atoms with Crippen LogP contribution in [0.1, 0.15) is 11.1 Å². The standard InChI is InChI=1S/C24H16F5N3O/c25-16-6-7-20-17(10-16)18(12-30-20)23(13-33,24(27,28)29)15-5-8-21-14(9-15)11-31-32(21)22-4-2-1-3-19(22)26/h1-12,30,33H,13H2. The van der Waals surface area contributed by atoms with Gasteiger partial charge in [-0.3, -0.25) is 0 Å². The molecule has 0 saturated heterocycles. The minimum absolute atomic E-state index is 0.0172. The lowest BCUT2D eigenvalue weighted by molar-refractivity contribution is -0.187. The van der Waals surface area contributed by atoms with Crippen LogP contribution in [-0.2, 0) is 5.41 Å². The number of H-pyrrole nitrogens is 1. The summed E-state index contributed by atoms with van der Waals surface area (Å²) in [4.78, 5) is 2.73. The van der Waals surface area contributed by atoms with Gasteiger partial charge in [-0.2, -0.15) is 18.3 Å². The van der Waals surface area contributed by atoms with Gasteiger partial charge in [0.15, 0.2) is 0 Å². The lowest BCUT2D eigenvalue weighted by atomic mass is 9.74. The van der Waals surface area contributed by atoms with Crippen LogP contribution < -0.4 is 0 Å². The Morgan fingerprint density at radius 3 is 2.48 bits per heavy atom. The second-order valence-electron chi connectivity index (χ2n) is 7.73. The van der Waals surface area contributed by atoms with Crippen LogP contribution in [0.4, 0.5) is 22.0 Å². The van der Waals surface area contributed by atoms with E-state index in [1.165, 1.54) is 53.3 Å². The topological polar surface area (TPSA) is 53.8 Å². The Labute approximate surface area is 183 Å². The highest BCUT2D eigenvalue weighted by atomic mass is 19.4. The molecule has 0 fully saturated rings. The molecule has 2 N–H and O–H groups in total. The molecule has 0 bridgehead atoms. The number of alkyl halides is 3. The van der Waals surface area contributed by atoms with E-state index in [0.29, 0.717) is 16.4 Å². The Morgan fingerprint density at radius 1 is 0.970 bits per heavy atom. The zero-order valence-electron chi connectivity index (χ0n) is 16.9. The van der Waals surface area contributed by atoms with Gasteiger partial charge in [0.25, 0.3) is 0 Å². The van der Waals surface area contributed by atoms with E-state index in [-0.39, 0.29) is 22.2 Å². The summed E-state index contributed by atoms with van der Waals surface area (Å²) in [5, 5.41) is 14.6. The first-order valence-electron chi connectivity index (χ1n) is 9.94. The van der Waals surface area contributed by atoms with Gasteiger partial charge in [-0.15, -0.1) is 0 Å². The fourth-order valence-corrected chi connectivity index (χ4v) is 4.30. The largest absolute Gasteiger partial charge is 0.404 e. The lowest BCUT2D eigenvalue weighted by Gasteiger charge is -2.34. The van der Waals surface area contributed by atoms with Crippen LogP contribution in [0.2, 0.25) is 0 Å². The predicted octanol–water partition coefficient (Wildman–Crippen LogP) is 5.63. The van der Waals surface area contributed by atoms with E-state index < -0.39 is 29.8 Å². The zero-order chi connectivity index (χ0) is 23.4. The fourth-order valence-electron chi connectivity index (χ4n) is 4.30. The van der Waals surface area contributed by atoms with Gasteiger partial charge in [0.05, 0.1) is 18.3 Å². The number of aliphatic hydroxyl groups excluding tert-OH is 1. The molecule has 1 unspecified atom stereocenters. The maximum atomic E-state index is 14.6. The van der Waals surface area contributed by atoms with Crippen molar-refractivity contribution < 1.29 is 27.1 Å². The molecule has 5 aromatic rings. The zero-order valence-corrected chi connectivity index (χ0v) is 16.9. The minimum atomic E-state index is -4.92. The third-order valence-corrected chi connectivity index (χ3v) is 5.97. The van der Waals surface area contributed by atoms with Crippen molar-refractivity contribution >= 4 is 21.8 Å². The summed E-state index contributed by atoms with van der Waals surface area (Å²) < 4.78 is 73.4. The maximum absolute atomic E-state index is 14.6. The molecule has 0 amide bonds. The van der Waals surface area contributed by atoms with Gasteiger partial charge in [0.1, 0.15) is 22.7 Å². The average molecular weight is 457 g/mol. The number of fused-ring (bicyclic) bond motifs is 2. The molecule has 1 atom stereocenters. The molecule has 2 aromatic heterocycles. The number of nitrogens with zero attached hydrogens (tertiary/aromatic N) is 2. The van der Waals surface area contributed by atoms with Gasteiger partial charge in [0, 0.05) is 22.5 Å². The Morgan fingerprint density at radius 2 is 1.76 bits per heavy atom. The van der Waals surface area contributed by atoms with E-state index in [1.807, 2.05) is 0 Å². The van der Waals surface area contributed by atoms with E-state index >= 15 is 0 Å². The normalized spacial score (nSPS) is 14.1. The summed E-state index contributed by atoms with van der Waals surface area (Å²) in [5.74, 6) is -1.23. The molecule has 33 heavy (non-hydrogen) atoms. The first-order valence-corrected chi connectivity index (χ1v) is 9.94. The predicted molar refractivity (Wildman–Crippen MR) is 113 cm³/mol. The molecule has 0 saturated carbocycles. The van der Waals surface area contributed by atoms with Crippen LogP contribution in [-0.4, -0.2) is 32.7 Å². The molecular weight excluding hydrogens is 441 g/mol. The Hall–Kier alpha value is -3.72. The second kappa shape index (κ2) is 7.41. The SMILES string of the molecule is OCC(c1ccc2c(cnn2-c2ccccc2F)c1)(c1c[nH]c2ccc(F)cc12)C(F)(F)F. The van der Waals surface area contributed by atoms with Crippen molar-refractivity contribution in [1.29, 1.82) is 0 Å². The van der Waals surface area contributed by atoms with Crippen molar-refractivity contribution in [3.8, 4) is 5.69 Å². The van der Waals surface area contributed by atoms with Crippen LogP contribution >= 0.6 is 0 Å². The number of nitrogens with one attached hydrogen (secondary N) is 1. The van der Waals surface area contributed by atoms with Crippen molar-refractivity contribution in [2.45, 2.75) is 11.6 Å². The molecule has 0 aliphatic rings. The molecule has 0 aliphatic carbocycles. The van der Waals surface area contributed by atoms with Crippen LogP contribution in [0.25, 0.3) is 27.5 Å². The maximum Gasteiger partial charge on any atom is 0.404 e. The molecule has 2 heterocycles. The summed E-state index contributed by atoms with van der Waals surface area (Å²) in [6.07, 6.45) is -2.45. The fraction of sp³-hybridized carbons (Fsp3) is 0.125. The van der Waals surface area contributed by atoms with Crippen molar-refractivity contribution in [2.75, 3.05) is 6.61 Å². The third kappa shape index (κ3) is 3.11. The quantitative estimate of drug-likeness (QED) is 0.344. The Kier molecular flexibility index (Phi) is 4.75. The van der Waals surface area contributed by atoms with E-state index in [4.69, 9.17) is 0 Å². The highest BCUT2D eigenvalue weighted by Crippen LogP contribution is 2.49. The summed E-state index contributed by atoms with van der Waals surface area (Å²) in [7, 11) is 0. The van der Waals surface area contributed by atoms with Crippen LogP contribution in [0, 0.1) is 11.6 Å². The van der Waals surface area contributed by atoms with Gasteiger partial charge in [-0.05, 0) is 53.6 Å². The van der Waals surface area contributed by atoms with E-state index in [9.17, 15) is 27.1 Å². The van der Waals surface area contributed by atoms with Crippen LogP contribution in [0.15, 0.2) is 73.1 Å². The van der Waals surface area contributed by atoms with E-state index in [0.717, 1.165) is 18.3 Å². The van der Waals surface area contributed by atoms with Gasteiger partial charge in [-0.1, -0.05) is 18.2 Å². The number of para-hydroxylation sites is 1. The van der Waals surface area contributed by atoms with E-state index in [2.05, 4.69) is 10.1 Å². The summed E-state index contributed by atoms with van der Waals surface area (Å²) >= 11 is 0. The molecular formula is C24H16F5N3O. The molecule has 168 valence electrons. The van der Waals surface area contributed by atoms with Gasteiger partial charge in [0.2, 0.25) is 0 Å². The molecule has 0 radical (unpaired) electrons. The van der Waals surface area contributed by atoms with Crippen molar-refractivity contribution in [3.63, 3.8) is 0 Å². The summed E-state index contributed by atoms with van der Waals surface area (Å²) in [6, 6.07) is 13.3. The average Bonchev–Trinajstić information content (AvgIpc) is 3.38. The first-order chi connectivity index (χ1) is 15.8. The molecule has 0 spiro atoms. The Balaban J connectivity index is 1.75. The number of hydrogen-bond donors (Lipinski definition) is 2. The summed E-state index contributed by atoms with van der Waals surface area (Å²) in [6.45, 7) is -1.30. The number of aromatic amines is 1. The lowest BCUT2D eigenvalue weighted by Crippen LogP contribution is -2.46. The number of rotatable bonds is 4. The molecule has 9 heteroatoms. The third-order valence-electron chi connectivity index (χ3n) is 5.97. The van der Waals surface area contributed by atoms with E-state index in [1.54, 1.807) is 6.07 Å². The second-order valence-corrected chi connectivity index (χ2v) is 7.73. The highest BCUT2D eigenvalue weighted by molar-refractivity contribution is 5.87. The highest BCUT2D eigenvalue weighted by Gasteiger charge is 2.58. The Bertz CT molecular complexity index is 1490. The molecule has 3 aromatic carbocycles. The van der Waals surface area contributed by atoms with Crippen LogP contribution in [0.3, 0.4) is 0 Å². The van der Waals surface area contributed by atoms with Gasteiger partial charge >= 0.3 is 6.18 Å². The number of aliphatic hydroxyl groups is 1. The smallest absolute Gasteiger partial charge is 0.395 e. The monoisotopic (exact) mass is 457 g/mol. The minimum Gasteiger partial charge on any atom is -0.395 e. The first kappa shape index (κ1) is 21.1. The number of hydrogen-bond acceptors (Lipinski definition) is 2. The van der Waals surface area contributed by atoms with Crippen molar-refractivity contribution in [1.82, 2.24) is 14.8 Å². The van der Waals surface area contributed by atoms with Gasteiger partial charge < -0.3 is 10.1 Å².